The maximum atomic E-state index is 14.1. The highest BCUT2D eigenvalue weighted by molar-refractivity contribution is 6.24. The first-order valence-corrected chi connectivity index (χ1v) is 12.5. The van der Waals surface area contributed by atoms with Crippen molar-refractivity contribution in [3.05, 3.63) is 120 Å². The first-order chi connectivity index (χ1) is 18.1. The van der Waals surface area contributed by atoms with Crippen molar-refractivity contribution in [3.8, 4) is 0 Å². The van der Waals surface area contributed by atoms with Crippen LogP contribution >= 0.6 is 0 Å². The van der Waals surface area contributed by atoms with E-state index in [1.54, 1.807) is 5.06 Å². The van der Waals surface area contributed by atoms with Crippen LogP contribution in [-0.2, 0) is 14.4 Å². The summed E-state index contributed by atoms with van der Waals surface area (Å²) in [5.74, 6) is -1.26. The molecule has 5 aromatic carbocycles. The molecule has 0 N–H and O–H groups in total. The van der Waals surface area contributed by atoms with Gasteiger partial charge in [0.25, 0.3) is 5.91 Å². The lowest BCUT2D eigenvalue weighted by atomic mass is 9.84. The molecule has 2 heterocycles. The van der Waals surface area contributed by atoms with E-state index in [9.17, 15) is 9.59 Å². The fourth-order valence-electron chi connectivity index (χ4n) is 5.82. The number of hydrogen-bond acceptors (Lipinski definition) is 4. The van der Waals surface area contributed by atoms with Crippen LogP contribution in [0.3, 0.4) is 0 Å². The number of carbonyl (C=O) groups excluding carboxylic acids is 2. The van der Waals surface area contributed by atoms with E-state index in [0.717, 1.165) is 38.4 Å². The smallest absolute Gasteiger partial charge is 0.266 e. The summed E-state index contributed by atoms with van der Waals surface area (Å²) in [7, 11) is 0. The predicted molar refractivity (Wildman–Crippen MR) is 145 cm³/mol. The number of carbonyl (C=O) groups is 2. The third-order valence-corrected chi connectivity index (χ3v) is 7.53. The van der Waals surface area contributed by atoms with E-state index < -0.39 is 18.1 Å². The minimum Gasteiger partial charge on any atom is -0.273 e. The minimum atomic E-state index is -0.906. The second kappa shape index (κ2) is 8.29. The lowest BCUT2D eigenvalue weighted by Crippen LogP contribution is -2.37. The number of rotatable bonds is 3. The molecule has 0 saturated carbocycles. The van der Waals surface area contributed by atoms with Gasteiger partial charge in [-0.05, 0) is 64.4 Å². The number of aryl methyl sites for hydroxylation is 1. The maximum Gasteiger partial charge on any atom is 0.266 e. The number of nitrogens with zero attached hydrogens (tertiary/aromatic N) is 2. The normalized spacial score (nSPS) is 21.3. The van der Waals surface area contributed by atoms with Gasteiger partial charge in [0.05, 0.1) is 17.4 Å². The number of hydrogen-bond donors (Lipinski definition) is 0. The zero-order chi connectivity index (χ0) is 25.1. The van der Waals surface area contributed by atoms with Crippen LogP contribution in [0.5, 0.6) is 0 Å². The van der Waals surface area contributed by atoms with Crippen molar-refractivity contribution < 1.29 is 14.4 Å². The number of para-hydroxylation sites is 1. The van der Waals surface area contributed by atoms with E-state index in [-0.39, 0.29) is 11.8 Å². The number of hydroxylamine groups is 1. The van der Waals surface area contributed by atoms with Crippen LogP contribution in [0.4, 0.5) is 11.4 Å². The Morgan fingerprint density at radius 3 is 1.89 bits per heavy atom. The van der Waals surface area contributed by atoms with E-state index in [4.69, 9.17) is 4.84 Å². The van der Waals surface area contributed by atoms with Crippen LogP contribution in [-0.4, -0.2) is 17.9 Å². The van der Waals surface area contributed by atoms with Gasteiger partial charge in [0.1, 0.15) is 5.92 Å². The largest absolute Gasteiger partial charge is 0.273 e. The molecule has 3 atom stereocenters. The second-order valence-electron chi connectivity index (χ2n) is 9.74. The highest BCUT2D eigenvalue weighted by atomic mass is 16.7. The van der Waals surface area contributed by atoms with Crippen LogP contribution in [0.15, 0.2) is 109 Å². The molecule has 0 aliphatic carbocycles. The molecule has 2 saturated heterocycles. The van der Waals surface area contributed by atoms with Gasteiger partial charge < -0.3 is 0 Å². The van der Waals surface area contributed by atoms with Crippen molar-refractivity contribution in [3.63, 3.8) is 0 Å². The Bertz CT molecular complexity index is 1630. The average Bonchev–Trinajstić information content (AvgIpc) is 3.44. The van der Waals surface area contributed by atoms with E-state index in [2.05, 4.69) is 30.3 Å². The summed E-state index contributed by atoms with van der Waals surface area (Å²) in [5, 5.41) is 6.04. The van der Waals surface area contributed by atoms with Crippen LogP contribution in [0.2, 0.25) is 0 Å². The highest BCUT2D eigenvalue weighted by Gasteiger charge is 2.60. The van der Waals surface area contributed by atoms with Crippen molar-refractivity contribution in [2.24, 2.45) is 5.92 Å². The Labute approximate surface area is 214 Å². The number of imide groups is 1. The third kappa shape index (κ3) is 3.28. The summed E-state index contributed by atoms with van der Waals surface area (Å²) in [6, 6.07) is 35.3. The molecule has 0 unspecified atom stereocenters. The maximum absolute atomic E-state index is 14.1. The lowest BCUT2D eigenvalue weighted by Gasteiger charge is -2.30. The second-order valence-corrected chi connectivity index (χ2v) is 9.74. The van der Waals surface area contributed by atoms with Crippen molar-refractivity contribution >= 4 is 44.7 Å². The molecule has 0 spiro atoms. The van der Waals surface area contributed by atoms with Crippen LogP contribution in [0, 0.1) is 12.8 Å². The molecule has 2 aliphatic rings. The van der Waals surface area contributed by atoms with E-state index in [0.29, 0.717) is 5.69 Å². The first kappa shape index (κ1) is 21.8. The fraction of sp³-hybridized carbons (Fsp3) is 0.125. The monoisotopic (exact) mass is 484 g/mol. The zero-order valence-electron chi connectivity index (χ0n) is 20.2. The minimum absolute atomic E-state index is 0.237. The molecule has 2 fully saturated rings. The summed E-state index contributed by atoms with van der Waals surface area (Å²) in [4.78, 5) is 35.5. The van der Waals surface area contributed by atoms with Gasteiger partial charge in [-0.2, -0.15) is 0 Å². The molecule has 0 bridgehead atoms. The molecule has 37 heavy (non-hydrogen) atoms. The van der Waals surface area contributed by atoms with Crippen LogP contribution in [0.1, 0.15) is 17.2 Å². The standard InChI is InChI=1S/C32H24N2O3/c1-20-15-17-23(18-16-20)33-31(35)28-29(34(37-30(28)32(33)36)24-11-3-2-4-12-24)27-25-13-7-5-9-21(25)19-22-10-6-8-14-26(22)27/h2-19,28-30H,1H3/t28-,29-,30+/m0/s1. The molecule has 2 amide bonds. The highest BCUT2D eigenvalue weighted by Crippen LogP contribution is 2.50. The molecular weight excluding hydrogens is 460 g/mol. The molecule has 7 rings (SSSR count). The molecule has 2 aliphatic heterocycles. The first-order valence-electron chi connectivity index (χ1n) is 12.5. The SMILES string of the molecule is Cc1ccc(N2C(=O)[C@@H]3[C@@H](ON(c4ccccc4)[C@H]3c3c4ccccc4cc4ccccc34)C2=O)cc1. The number of fused-ring (bicyclic) bond motifs is 3. The lowest BCUT2D eigenvalue weighted by molar-refractivity contribution is -0.126. The zero-order valence-corrected chi connectivity index (χ0v) is 20.2. The van der Waals surface area contributed by atoms with Gasteiger partial charge in [0.15, 0.2) is 6.10 Å². The molecule has 5 heteroatoms. The van der Waals surface area contributed by atoms with Crippen molar-refractivity contribution in [2.45, 2.75) is 19.1 Å². The van der Waals surface area contributed by atoms with Gasteiger partial charge in [-0.1, -0.05) is 84.4 Å². The Morgan fingerprint density at radius 2 is 1.24 bits per heavy atom. The summed E-state index contributed by atoms with van der Waals surface area (Å²) >= 11 is 0. The van der Waals surface area contributed by atoms with Gasteiger partial charge in [-0.3, -0.25) is 14.4 Å². The topological polar surface area (TPSA) is 49.9 Å². The summed E-state index contributed by atoms with van der Waals surface area (Å²) < 4.78 is 0. The fourth-order valence-corrected chi connectivity index (χ4v) is 5.82. The Balaban J connectivity index is 1.47. The number of amides is 2. The number of anilines is 2. The summed E-state index contributed by atoms with van der Waals surface area (Å²) in [6.45, 7) is 1.98. The molecule has 0 radical (unpaired) electrons. The summed E-state index contributed by atoms with van der Waals surface area (Å²) in [5.41, 5.74) is 3.44. The predicted octanol–water partition coefficient (Wildman–Crippen LogP) is 6.35. The molecule has 180 valence electrons. The van der Waals surface area contributed by atoms with Crippen molar-refractivity contribution in [1.29, 1.82) is 0 Å². The van der Waals surface area contributed by atoms with Gasteiger partial charge in [-0.25, -0.2) is 9.96 Å². The Kier molecular flexibility index (Phi) is 4.88. The van der Waals surface area contributed by atoms with Gasteiger partial charge in [0, 0.05) is 0 Å². The molecule has 5 aromatic rings. The van der Waals surface area contributed by atoms with Crippen molar-refractivity contribution in [2.75, 3.05) is 9.96 Å². The van der Waals surface area contributed by atoms with Gasteiger partial charge in [0.2, 0.25) is 5.91 Å². The Hall–Kier alpha value is -4.48. The molecule has 0 aromatic heterocycles. The van der Waals surface area contributed by atoms with Gasteiger partial charge in [-0.15, -0.1) is 0 Å². The van der Waals surface area contributed by atoms with E-state index in [1.165, 1.54) is 4.90 Å². The number of benzene rings is 5. The van der Waals surface area contributed by atoms with Gasteiger partial charge >= 0.3 is 0 Å². The quantitative estimate of drug-likeness (QED) is 0.221. The molecular formula is C32H24N2O3. The summed E-state index contributed by atoms with van der Waals surface area (Å²) in [6.07, 6.45) is -0.906. The average molecular weight is 485 g/mol. The van der Waals surface area contributed by atoms with E-state index in [1.807, 2.05) is 85.8 Å². The van der Waals surface area contributed by atoms with Crippen molar-refractivity contribution in [1.82, 2.24) is 0 Å². The van der Waals surface area contributed by atoms with Crippen LogP contribution in [0.25, 0.3) is 21.5 Å². The van der Waals surface area contributed by atoms with Crippen LogP contribution < -0.4 is 9.96 Å². The van der Waals surface area contributed by atoms with E-state index >= 15 is 0 Å². The Morgan fingerprint density at radius 1 is 0.649 bits per heavy atom. The molecule has 5 nitrogen and oxygen atoms in total. The third-order valence-electron chi connectivity index (χ3n) is 7.53.